The Balaban J connectivity index is -0.000000125. The second-order valence-corrected chi connectivity index (χ2v) is 1.44. The van der Waals surface area contributed by atoms with Crippen LogP contribution in [0.25, 0.3) is 0 Å². The largest absolute Gasteiger partial charge is 0.369 e. The van der Waals surface area contributed by atoms with E-state index >= 15 is 0 Å². The summed E-state index contributed by atoms with van der Waals surface area (Å²) in [5, 5.41) is 0. The Morgan fingerprint density at radius 2 is 1.62 bits per heavy atom. The van der Waals surface area contributed by atoms with E-state index in [0.29, 0.717) is 6.54 Å². The summed E-state index contributed by atoms with van der Waals surface area (Å²) in [7, 11) is 0. The second kappa shape index (κ2) is 11.9. The first kappa shape index (κ1) is 16.6. The Bertz CT molecular complexity index is 31.6. The molecule has 0 aromatic carbocycles. The first-order valence-corrected chi connectivity index (χ1v) is 2.13. The molecule has 2 radical (unpaired) electrons. The fourth-order valence-electron chi connectivity index (χ4n) is 0.236. The molecule has 0 saturated carbocycles. The van der Waals surface area contributed by atoms with Gasteiger partial charge in [-0.3, -0.25) is 0 Å². The fourth-order valence-corrected chi connectivity index (χ4v) is 0.236. The molecule has 8 heavy (non-hydrogen) atoms. The van der Waals surface area contributed by atoms with Crippen LogP contribution in [-0.4, -0.2) is 6.54 Å². The zero-order valence-electron chi connectivity index (χ0n) is 5.14. The molecule has 0 atom stereocenters. The summed E-state index contributed by atoms with van der Waals surface area (Å²) in [4.78, 5) is 0. The van der Waals surface area contributed by atoms with Crippen molar-refractivity contribution in [2.75, 3.05) is 6.54 Å². The molecule has 0 heterocycles. The van der Waals surface area contributed by atoms with Gasteiger partial charge >= 0.3 is 0 Å². The molecule has 0 rings (SSSR count). The molecule has 1 nitrogen and oxygen atoms in total. The van der Waals surface area contributed by atoms with E-state index in [9.17, 15) is 0 Å². The smallest absolute Gasteiger partial charge is 0 e. The van der Waals surface area contributed by atoms with Crippen molar-refractivity contribution >= 4 is 0 Å². The Morgan fingerprint density at radius 1 is 1.25 bits per heavy atom. The van der Waals surface area contributed by atoms with Crippen molar-refractivity contribution in [1.82, 2.24) is 0 Å². The van der Waals surface area contributed by atoms with E-state index in [4.69, 9.17) is 5.73 Å². The molecule has 0 aliphatic heterocycles. The zero-order chi connectivity index (χ0) is 4.99. The number of nitrogens with two attached hydrogens (primary N) is 1. The molecule has 0 saturated heterocycles. The minimum atomic E-state index is 0. The third-order valence-corrected chi connectivity index (χ3v) is 0.575. The summed E-state index contributed by atoms with van der Waals surface area (Å²) in [5.74, 6) is 0.273. The minimum absolute atomic E-state index is 0. The first-order chi connectivity index (χ1) is 2.77. The topological polar surface area (TPSA) is 26.0 Å². The van der Waals surface area contributed by atoms with Crippen molar-refractivity contribution in [3.8, 4) is 0 Å². The van der Waals surface area contributed by atoms with E-state index in [1.54, 1.807) is 0 Å². The molecule has 0 spiro atoms. The van der Waals surface area contributed by atoms with E-state index in [-0.39, 0.29) is 71.3 Å². The van der Waals surface area contributed by atoms with E-state index in [1.807, 2.05) is 0 Å². The molecule has 0 aromatic rings. The van der Waals surface area contributed by atoms with Gasteiger partial charge in [0.05, 0.1) is 0 Å². The molecular weight excluding hydrogens is 252 g/mol. The van der Waals surface area contributed by atoms with Gasteiger partial charge in [-0.1, -0.05) is 6.42 Å². The van der Waals surface area contributed by atoms with Gasteiger partial charge in [0.2, 0.25) is 0 Å². The van der Waals surface area contributed by atoms with Crippen LogP contribution in [0.3, 0.4) is 0 Å². The van der Waals surface area contributed by atoms with Crippen LogP contribution in [0.15, 0.2) is 0 Å². The van der Waals surface area contributed by atoms with Gasteiger partial charge < -0.3 is 25.5 Å². The monoisotopic (exact) mass is 263 g/mol. The van der Waals surface area contributed by atoms with Gasteiger partial charge in [0, 0.05) is 65.4 Å². The maximum atomic E-state index is 5.15. The summed E-state index contributed by atoms with van der Waals surface area (Å²) in [6, 6.07) is 0. The average Bonchev–Trinajstić information content (AvgIpc) is 1.35. The van der Waals surface area contributed by atoms with Gasteiger partial charge in [-0.15, -0.1) is 0 Å². The minimum Gasteiger partial charge on any atom is -0.369 e. The van der Waals surface area contributed by atoms with E-state index in [1.165, 1.54) is 0 Å². The van der Waals surface area contributed by atoms with Crippen LogP contribution in [0.2, 0.25) is 0 Å². The maximum Gasteiger partial charge on any atom is 0 e. The Labute approximate surface area is 102 Å². The van der Waals surface area contributed by atoms with Crippen molar-refractivity contribution < 1.29 is 65.4 Å². The predicted octanol–water partition coefficient (Wildman–Crippen LogP) is 0.615. The van der Waals surface area contributed by atoms with Crippen LogP contribution in [-0.2, 0) is 65.4 Å². The Kier molecular flexibility index (Phi) is 24.8. The molecule has 0 fully saturated rings. The first-order valence-electron chi connectivity index (χ1n) is 2.13. The molecule has 3 heteroatoms. The molecule has 0 bridgehead atoms. The molecular formula is C5H11NY2-2. The van der Waals surface area contributed by atoms with Crippen LogP contribution >= 0.6 is 0 Å². The van der Waals surface area contributed by atoms with Gasteiger partial charge in [0.15, 0.2) is 0 Å². The Hall–Kier alpha value is 2.17. The maximum absolute atomic E-state index is 5.15. The number of rotatable bonds is 2. The van der Waals surface area contributed by atoms with Gasteiger partial charge in [-0.2, -0.15) is 0 Å². The van der Waals surface area contributed by atoms with Gasteiger partial charge in [-0.05, 0) is 6.54 Å². The molecule has 0 aliphatic rings. The van der Waals surface area contributed by atoms with Crippen molar-refractivity contribution in [3.63, 3.8) is 0 Å². The normalized spacial score (nSPS) is 7.50. The van der Waals surface area contributed by atoms with Crippen LogP contribution in [0, 0.1) is 19.8 Å². The fraction of sp³-hybridized carbons (Fsp3) is 0.600. The molecule has 0 unspecified atom stereocenters. The van der Waals surface area contributed by atoms with Crippen LogP contribution in [0.4, 0.5) is 0 Å². The molecule has 2 N–H and O–H groups in total. The summed E-state index contributed by atoms with van der Waals surface area (Å²) >= 11 is 0. The van der Waals surface area contributed by atoms with Crippen LogP contribution in [0.1, 0.15) is 6.42 Å². The average molecular weight is 263 g/mol. The predicted molar refractivity (Wildman–Crippen MR) is 27.9 cm³/mol. The van der Waals surface area contributed by atoms with Crippen molar-refractivity contribution in [2.45, 2.75) is 6.42 Å². The summed E-state index contributed by atoms with van der Waals surface area (Å²) in [6.07, 6.45) is 0.931. The second-order valence-electron chi connectivity index (χ2n) is 1.44. The third-order valence-electron chi connectivity index (χ3n) is 0.575. The molecule has 0 aromatic heterocycles. The molecule has 44 valence electrons. The SMILES string of the molecule is [CH2-]C([CH2-])CCN.[Y].[Y]. The standard InChI is InChI=1S/C5H11N.2Y/c1-5(2)3-4-6;;/h5H,1-4,6H2;;/q-2;;. The molecule has 0 amide bonds. The zero-order valence-corrected chi connectivity index (χ0v) is 10.8. The van der Waals surface area contributed by atoms with Crippen molar-refractivity contribution in [2.24, 2.45) is 11.7 Å². The van der Waals surface area contributed by atoms with Crippen LogP contribution < -0.4 is 5.73 Å². The quantitative estimate of drug-likeness (QED) is 0.726. The van der Waals surface area contributed by atoms with Gasteiger partial charge in [-0.25, -0.2) is 0 Å². The van der Waals surface area contributed by atoms with Gasteiger partial charge in [0.1, 0.15) is 0 Å². The number of hydrogen-bond donors (Lipinski definition) is 1. The summed E-state index contributed by atoms with van der Waals surface area (Å²) in [6.45, 7) is 7.98. The third kappa shape index (κ3) is 15.7. The van der Waals surface area contributed by atoms with E-state index < -0.39 is 0 Å². The van der Waals surface area contributed by atoms with E-state index in [2.05, 4.69) is 13.8 Å². The van der Waals surface area contributed by atoms with E-state index in [0.717, 1.165) is 6.42 Å². The number of hydrogen-bond acceptors (Lipinski definition) is 1. The summed E-state index contributed by atoms with van der Waals surface area (Å²) < 4.78 is 0. The summed E-state index contributed by atoms with van der Waals surface area (Å²) in [5.41, 5.74) is 5.15. The van der Waals surface area contributed by atoms with Crippen molar-refractivity contribution in [3.05, 3.63) is 13.8 Å². The molecule has 0 aliphatic carbocycles. The Morgan fingerprint density at radius 3 is 1.62 bits per heavy atom. The van der Waals surface area contributed by atoms with Crippen LogP contribution in [0.5, 0.6) is 0 Å². The van der Waals surface area contributed by atoms with Crippen molar-refractivity contribution in [1.29, 1.82) is 0 Å². The van der Waals surface area contributed by atoms with Gasteiger partial charge in [0.25, 0.3) is 0 Å².